The summed E-state index contributed by atoms with van der Waals surface area (Å²) in [7, 11) is 0. The van der Waals surface area contributed by atoms with Crippen LogP contribution in [0.4, 0.5) is 0 Å². The Kier molecular flexibility index (Phi) is 9.26. The first-order valence-electron chi connectivity index (χ1n) is 6.31. The van der Waals surface area contributed by atoms with Crippen LogP contribution < -0.4 is 21.8 Å². The molecule has 0 radical (unpaired) electrons. The second-order valence-electron chi connectivity index (χ2n) is 4.36. The normalized spacial score (nSPS) is 13.3. The Morgan fingerprint density at radius 1 is 1.15 bits per heavy atom. The molecule has 0 fully saturated rings. The minimum atomic E-state index is -1.13. The van der Waals surface area contributed by atoms with Crippen LogP contribution in [-0.4, -0.2) is 53.3 Å². The lowest BCUT2D eigenvalue weighted by atomic mass is 10.1. The van der Waals surface area contributed by atoms with E-state index < -0.39 is 30.5 Å². The molecule has 9 heteroatoms. The van der Waals surface area contributed by atoms with Gasteiger partial charge in [-0.15, -0.1) is 0 Å². The van der Waals surface area contributed by atoms with Crippen LogP contribution >= 0.6 is 0 Å². The van der Waals surface area contributed by atoms with Crippen molar-refractivity contribution in [2.45, 2.75) is 38.3 Å². The van der Waals surface area contributed by atoms with E-state index in [9.17, 15) is 14.4 Å². The molecule has 0 unspecified atom stereocenters. The second kappa shape index (κ2) is 10.1. The number of hydrogen-bond donors (Lipinski definition) is 6. The number of carbonyl (C=O) groups excluding carboxylic acids is 2. The molecule has 0 spiro atoms. The molecule has 0 aliphatic heterocycles. The molecule has 0 heterocycles. The van der Waals surface area contributed by atoms with Gasteiger partial charge < -0.3 is 26.7 Å². The fourth-order valence-corrected chi connectivity index (χ4v) is 1.34. The Balaban J connectivity index is 3.66. The minimum absolute atomic E-state index is 0.323. The number of rotatable bonds is 10. The zero-order chi connectivity index (χ0) is 15.5. The molecule has 0 aliphatic rings. The molecule has 0 aromatic rings. The number of carbonyl (C=O) groups is 3. The van der Waals surface area contributed by atoms with Crippen molar-refractivity contribution in [3.05, 3.63) is 0 Å². The number of hydroxylamine groups is 1. The summed E-state index contributed by atoms with van der Waals surface area (Å²) in [5, 5.41) is 21.7. The van der Waals surface area contributed by atoms with Crippen LogP contribution in [-0.2, 0) is 14.4 Å². The molecule has 0 aliphatic carbocycles. The SMILES string of the molecule is C[C@H](NO)C(=O)NCCCC[C@H](N)C(=O)NCC(=O)O. The topological polar surface area (TPSA) is 154 Å². The molecule has 0 aromatic carbocycles. The summed E-state index contributed by atoms with van der Waals surface area (Å²) in [5.41, 5.74) is 7.41. The van der Waals surface area contributed by atoms with Crippen LogP contribution in [0, 0.1) is 0 Å². The van der Waals surface area contributed by atoms with Gasteiger partial charge in [0.2, 0.25) is 11.8 Å². The lowest BCUT2D eigenvalue weighted by Crippen LogP contribution is -2.43. The van der Waals surface area contributed by atoms with Gasteiger partial charge in [-0.1, -0.05) is 0 Å². The first kappa shape index (κ1) is 18.3. The molecule has 0 saturated carbocycles. The molecule has 2 atom stereocenters. The summed E-state index contributed by atoms with van der Waals surface area (Å²) in [5.74, 6) is -1.95. The van der Waals surface area contributed by atoms with Crippen molar-refractivity contribution in [3.8, 4) is 0 Å². The maximum Gasteiger partial charge on any atom is 0.322 e. The van der Waals surface area contributed by atoms with Gasteiger partial charge in [-0.2, -0.15) is 5.48 Å². The maximum absolute atomic E-state index is 11.3. The van der Waals surface area contributed by atoms with Gasteiger partial charge in [0.25, 0.3) is 0 Å². The van der Waals surface area contributed by atoms with E-state index in [2.05, 4.69) is 10.6 Å². The highest BCUT2D eigenvalue weighted by Gasteiger charge is 2.14. The van der Waals surface area contributed by atoms with E-state index in [4.69, 9.17) is 16.0 Å². The van der Waals surface area contributed by atoms with Crippen LogP contribution in [0.25, 0.3) is 0 Å². The third-order valence-corrected chi connectivity index (χ3v) is 2.58. The molecular weight excluding hydrogens is 268 g/mol. The zero-order valence-corrected chi connectivity index (χ0v) is 11.4. The third kappa shape index (κ3) is 8.40. The highest BCUT2D eigenvalue weighted by molar-refractivity contribution is 5.84. The summed E-state index contributed by atoms with van der Waals surface area (Å²) in [4.78, 5) is 32.8. The van der Waals surface area contributed by atoms with E-state index in [1.807, 2.05) is 5.48 Å². The molecule has 0 saturated heterocycles. The number of hydrogen-bond acceptors (Lipinski definition) is 6. The average molecular weight is 290 g/mol. The van der Waals surface area contributed by atoms with E-state index in [1.54, 1.807) is 0 Å². The summed E-state index contributed by atoms with van der Waals surface area (Å²) in [6, 6.07) is -1.44. The zero-order valence-electron chi connectivity index (χ0n) is 11.4. The van der Waals surface area contributed by atoms with Gasteiger partial charge in [-0.3, -0.25) is 14.4 Å². The fraction of sp³-hybridized carbons (Fsp3) is 0.727. The van der Waals surface area contributed by atoms with Crippen LogP contribution in [0.3, 0.4) is 0 Å². The minimum Gasteiger partial charge on any atom is -0.480 e. The molecule has 116 valence electrons. The van der Waals surface area contributed by atoms with Crippen LogP contribution in [0.15, 0.2) is 0 Å². The Labute approximate surface area is 116 Å². The summed E-state index contributed by atoms with van der Waals surface area (Å²) in [6.45, 7) is 1.47. The standard InChI is InChI=1S/C11H22N4O5/c1-7(15-20)10(18)13-5-3-2-4-8(12)11(19)14-6-9(16)17/h7-8,15,20H,2-6,12H2,1H3,(H,13,18)(H,14,19)(H,16,17)/t7-,8-/m0/s1. The number of amides is 2. The highest BCUT2D eigenvalue weighted by atomic mass is 16.5. The number of carboxylic acids is 1. The van der Waals surface area contributed by atoms with Crippen LogP contribution in [0.2, 0.25) is 0 Å². The van der Waals surface area contributed by atoms with E-state index >= 15 is 0 Å². The number of nitrogens with one attached hydrogen (secondary N) is 3. The molecule has 7 N–H and O–H groups in total. The van der Waals surface area contributed by atoms with Crippen molar-refractivity contribution in [2.75, 3.05) is 13.1 Å². The van der Waals surface area contributed by atoms with Gasteiger partial charge in [0.1, 0.15) is 12.6 Å². The van der Waals surface area contributed by atoms with E-state index in [0.717, 1.165) is 0 Å². The van der Waals surface area contributed by atoms with Gasteiger partial charge in [0.15, 0.2) is 0 Å². The Bertz CT molecular complexity index is 337. The van der Waals surface area contributed by atoms with Gasteiger partial charge in [0, 0.05) is 6.54 Å². The Morgan fingerprint density at radius 2 is 1.80 bits per heavy atom. The van der Waals surface area contributed by atoms with Crippen LogP contribution in [0.5, 0.6) is 0 Å². The molecular formula is C11H22N4O5. The number of unbranched alkanes of at least 4 members (excludes halogenated alkanes) is 1. The van der Waals surface area contributed by atoms with Crippen molar-refractivity contribution < 1.29 is 24.7 Å². The molecule has 0 aromatic heterocycles. The number of carboxylic acid groups (broad SMARTS) is 1. The predicted octanol–water partition coefficient (Wildman–Crippen LogP) is -1.83. The van der Waals surface area contributed by atoms with Gasteiger partial charge in [0.05, 0.1) is 6.04 Å². The smallest absolute Gasteiger partial charge is 0.322 e. The van der Waals surface area contributed by atoms with Crippen molar-refractivity contribution >= 4 is 17.8 Å². The first-order valence-corrected chi connectivity index (χ1v) is 6.31. The summed E-state index contributed by atoms with van der Waals surface area (Å²) in [6.07, 6.45) is 1.64. The highest BCUT2D eigenvalue weighted by Crippen LogP contribution is 1.98. The molecule has 9 nitrogen and oxygen atoms in total. The summed E-state index contributed by atoms with van der Waals surface area (Å²) >= 11 is 0. The second-order valence-corrected chi connectivity index (χ2v) is 4.36. The molecule has 0 bridgehead atoms. The molecule has 2 amide bonds. The third-order valence-electron chi connectivity index (χ3n) is 2.58. The quantitative estimate of drug-likeness (QED) is 0.204. The summed E-state index contributed by atoms with van der Waals surface area (Å²) < 4.78 is 0. The van der Waals surface area contributed by atoms with Crippen molar-refractivity contribution in [3.63, 3.8) is 0 Å². The Morgan fingerprint density at radius 3 is 2.35 bits per heavy atom. The maximum atomic E-state index is 11.3. The monoisotopic (exact) mass is 290 g/mol. The Hall–Kier alpha value is -1.71. The van der Waals surface area contributed by atoms with E-state index in [-0.39, 0.29) is 5.91 Å². The largest absolute Gasteiger partial charge is 0.480 e. The molecule has 20 heavy (non-hydrogen) atoms. The van der Waals surface area contributed by atoms with Gasteiger partial charge in [-0.05, 0) is 26.2 Å². The van der Waals surface area contributed by atoms with E-state index in [1.165, 1.54) is 6.92 Å². The van der Waals surface area contributed by atoms with Crippen molar-refractivity contribution in [1.29, 1.82) is 0 Å². The van der Waals surface area contributed by atoms with Crippen molar-refractivity contribution in [2.24, 2.45) is 5.73 Å². The molecule has 0 rings (SSSR count). The van der Waals surface area contributed by atoms with Gasteiger partial charge >= 0.3 is 5.97 Å². The lowest BCUT2D eigenvalue weighted by Gasteiger charge is -2.12. The predicted molar refractivity (Wildman–Crippen MR) is 69.9 cm³/mol. The van der Waals surface area contributed by atoms with Gasteiger partial charge in [-0.25, -0.2) is 0 Å². The van der Waals surface area contributed by atoms with Crippen LogP contribution in [0.1, 0.15) is 26.2 Å². The first-order chi connectivity index (χ1) is 9.38. The fourth-order valence-electron chi connectivity index (χ4n) is 1.34. The number of aliphatic carboxylic acids is 1. The number of nitrogens with two attached hydrogens (primary N) is 1. The van der Waals surface area contributed by atoms with Crippen molar-refractivity contribution in [1.82, 2.24) is 16.1 Å². The average Bonchev–Trinajstić information content (AvgIpc) is 2.42. The van der Waals surface area contributed by atoms with E-state index in [0.29, 0.717) is 25.8 Å². The lowest BCUT2D eigenvalue weighted by molar-refractivity contribution is -0.138.